The average Bonchev–Trinajstić information content (AvgIpc) is 2.40. The highest BCUT2D eigenvalue weighted by Crippen LogP contribution is 2.29. The van der Waals surface area contributed by atoms with Gasteiger partial charge in [-0.05, 0) is 30.3 Å². The molecule has 1 aromatic heterocycles. The van der Waals surface area contributed by atoms with Gasteiger partial charge in [-0.2, -0.15) is 0 Å². The first-order valence-electron chi connectivity index (χ1n) is 5.80. The third kappa shape index (κ3) is 2.50. The van der Waals surface area contributed by atoms with Gasteiger partial charge in [-0.25, -0.2) is 0 Å². The van der Waals surface area contributed by atoms with Crippen LogP contribution in [0, 0.1) is 0 Å². The molecule has 0 fully saturated rings. The number of benzene rings is 2. The SMILES string of the molecule is Clc1cccc(Nc2ccnc3c(Cl)cccc23)c1. The van der Waals surface area contributed by atoms with E-state index in [9.17, 15) is 0 Å². The standard InChI is InChI=1S/C15H10Cl2N2/c16-10-3-1-4-11(9-10)19-14-7-8-18-15-12(14)5-2-6-13(15)17/h1-9H,(H,18,19). The molecule has 0 saturated heterocycles. The van der Waals surface area contributed by atoms with Crippen LogP contribution < -0.4 is 5.32 Å². The summed E-state index contributed by atoms with van der Waals surface area (Å²) in [5.74, 6) is 0. The molecule has 1 heterocycles. The molecule has 2 nitrogen and oxygen atoms in total. The number of pyridine rings is 1. The van der Waals surface area contributed by atoms with Gasteiger partial charge in [0.1, 0.15) is 0 Å². The number of para-hydroxylation sites is 1. The molecule has 0 atom stereocenters. The van der Waals surface area contributed by atoms with Crippen molar-refractivity contribution in [3.63, 3.8) is 0 Å². The van der Waals surface area contributed by atoms with Crippen molar-refractivity contribution in [2.45, 2.75) is 0 Å². The van der Waals surface area contributed by atoms with Crippen LogP contribution in [0.5, 0.6) is 0 Å². The molecule has 94 valence electrons. The van der Waals surface area contributed by atoms with E-state index in [1.807, 2.05) is 48.5 Å². The van der Waals surface area contributed by atoms with Gasteiger partial charge in [0.25, 0.3) is 0 Å². The van der Waals surface area contributed by atoms with Crippen LogP contribution in [0.25, 0.3) is 10.9 Å². The second-order valence-corrected chi connectivity index (χ2v) is 4.97. The number of nitrogens with one attached hydrogen (secondary N) is 1. The number of aromatic nitrogens is 1. The highest BCUT2D eigenvalue weighted by Gasteiger charge is 2.05. The minimum Gasteiger partial charge on any atom is -0.355 e. The largest absolute Gasteiger partial charge is 0.355 e. The lowest BCUT2D eigenvalue weighted by Crippen LogP contribution is -1.92. The first kappa shape index (κ1) is 12.3. The smallest absolute Gasteiger partial charge is 0.0908 e. The van der Waals surface area contributed by atoms with E-state index in [-0.39, 0.29) is 0 Å². The molecule has 0 unspecified atom stereocenters. The van der Waals surface area contributed by atoms with Crippen molar-refractivity contribution in [2.75, 3.05) is 5.32 Å². The van der Waals surface area contributed by atoms with Gasteiger partial charge in [0.2, 0.25) is 0 Å². The van der Waals surface area contributed by atoms with Crippen LogP contribution in [-0.4, -0.2) is 4.98 Å². The molecule has 2 aromatic carbocycles. The van der Waals surface area contributed by atoms with E-state index in [0.29, 0.717) is 10.0 Å². The van der Waals surface area contributed by atoms with E-state index in [4.69, 9.17) is 23.2 Å². The van der Waals surface area contributed by atoms with E-state index < -0.39 is 0 Å². The lowest BCUT2D eigenvalue weighted by molar-refractivity contribution is 1.40. The number of fused-ring (bicyclic) bond motifs is 1. The summed E-state index contributed by atoms with van der Waals surface area (Å²) >= 11 is 12.1. The van der Waals surface area contributed by atoms with Crippen LogP contribution >= 0.6 is 23.2 Å². The molecule has 3 aromatic rings. The van der Waals surface area contributed by atoms with Gasteiger partial charge in [0, 0.05) is 28.0 Å². The lowest BCUT2D eigenvalue weighted by atomic mass is 10.2. The van der Waals surface area contributed by atoms with Crippen molar-refractivity contribution in [2.24, 2.45) is 0 Å². The second kappa shape index (κ2) is 5.08. The van der Waals surface area contributed by atoms with Gasteiger partial charge in [0.05, 0.1) is 10.5 Å². The number of nitrogens with zero attached hydrogens (tertiary/aromatic N) is 1. The Morgan fingerprint density at radius 2 is 1.79 bits per heavy atom. The van der Waals surface area contributed by atoms with E-state index in [1.54, 1.807) is 6.20 Å². The molecule has 19 heavy (non-hydrogen) atoms. The van der Waals surface area contributed by atoms with Crippen molar-refractivity contribution in [3.05, 3.63) is 64.8 Å². The van der Waals surface area contributed by atoms with Crippen molar-refractivity contribution in [1.29, 1.82) is 0 Å². The van der Waals surface area contributed by atoms with Crippen LogP contribution in [0.2, 0.25) is 10.0 Å². The van der Waals surface area contributed by atoms with Crippen molar-refractivity contribution >= 4 is 45.5 Å². The van der Waals surface area contributed by atoms with E-state index >= 15 is 0 Å². The van der Waals surface area contributed by atoms with Crippen LogP contribution in [0.1, 0.15) is 0 Å². The highest BCUT2D eigenvalue weighted by atomic mass is 35.5. The van der Waals surface area contributed by atoms with Crippen LogP contribution in [-0.2, 0) is 0 Å². The topological polar surface area (TPSA) is 24.9 Å². The Morgan fingerprint density at radius 1 is 0.947 bits per heavy atom. The van der Waals surface area contributed by atoms with Gasteiger partial charge < -0.3 is 5.32 Å². The third-order valence-electron chi connectivity index (χ3n) is 2.83. The molecule has 1 N–H and O–H groups in total. The zero-order valence-corrected chi connectivity index (χ0v) is 11.4. The van der Waals surface area contributed by atoms with E-state index in [1.165, 1.54) is 0 Å². The van der Waals surface area contributed by atoms with Gasteiger partial charge in [-0.15, -0.1) is 0 Å². The maximum absolute atomic E-state index is 6.15. The third-order valence-corrected chi connectivity index (χ3v) is 3.37. The van der Waals surface area contributed by atoms with E-state index in [2.05, 4.69) is 10.3 Å². The molecule has 0 spiro atoms. The summed E-state index contributed by atoms with van der Waals surface area (Å²) < 4.78 is 0. The van der Waals surface area contributed by atoms with Crippen molar-refractivity contribution in [3.8, 4) is 0 Å². The number of rotatable bonds is 2. The maximum atomic E-state index is 6.15. The Labute approximate surface area is 121 Å². The molecule has 0 amide bonds. The first-order valence-corrected chi connectivity index (χ1v) is 6.55. The Morgan fingerprint density at radius 3 is 2.63 bits per heavy atom. The lowest BCUT2D eigenvalue weighted by Gasteiger charge is -2.10. The molecule has 0 aliphatic rings. The zero-order chi connectivity index (χ0) is 13.2. The number of anilines is 2. The van der Waals surface area contributed by atoms with Crippen molar-refractivity contribution < 1.29 is 0 Å². The number of halogens is 2. The minimum absolute atomic E-state index is 0.646. The maximum Gasteiger partial charge on any atom is 0.0908 e. The van der Waals surface area contributed by atoms with Gasteiger partial charge in [-0.3, -0.25) is 4.98 Å². The molecule has 3 rings (SSSR count). The Hall–Kier alpha value is -1.77. The summed E-state index contributed by atoms with van der Waals surface area (Å²) in [7, 11) is 0. The average molecular weight is 289 g/mol. The second-order valence-electron chi connectivity index (χ2n) is 4.13. The fourth-order valence-electron chi connectivity index (χ4n) is 1.97. The first-order chi connectivity index (χ1) is 9.24. The Kier molecular flexibility index (Phi) is 3.28. The molecular weight excluding hydrogens is 279 g/mol. The van der Waals surface area contributed by atoms with Crippen LogP contribution in [0.3, 0.4) is 0 Å². The molecule has 0 bridgehead atoms. The number of hydrogen-bond donors (Lipinski definition) is 1. The summed E-state index contributed by atoms with van der Waals surface area (Å²) in [5, 5.41) is 5.65. The summed E-state index contributed by atoms with van der Waals surface area (Å²) in [4.78, 5) is 4.30. The molecule has 0 aliphatic carbocycles. The Balaban J connectivity index is 2.08. The fourth-order valence-corrected chi connectivity index (χ4v) is 2.38. The zero-order valence-electron chi connectivity index (χ0n) is 9.90. The highest BCUT2D eigenvalue weighted by molar-refractivity contribution is 6.35. The number of hydrogen-bond acceptors (Lipinski definition) is 2. The Bertz CT molecular complexity index is 741. The summed E-state index contributed by atoms with van der Waals surface area (Å²) in [6.07, 6.45) is 1.74. The van der Waals surface area contributed by atoms with Crippen LogP contribution in [0.4, 0.5) is 11.4 Å². The predicted octanol–water partition coefficient (Wildman–Crippen LogP) is 5.29. The van der Waals surface area contributed by atoms with Crippen LogP contribution in [0.15, 0.2) is 54.7 Å². The minimum atomic E-state index is 0.646. The quantitative estimate of drug-likeness (QED) is 0.693. The molecule has 0 radical (unpaired) electrons. The normalized spacial score (nSPS) is 10.6. The summed E-state index contributed by atoms with van der Waals surface area (Å²) in [5.41, 5.74) is 2.67. The summed E-state index contributed by atoms with van der Waals surface area (Å²) in [6.45, 7) is 0. The molecule has 0 aliphatic heterocycles. The molecule has 0 saturated carbocycles. The molecular formula is C15H10Cl2N2. The fraction of sp³-hybridized carbons (Fsp3) is 0. The van der Waals surface area contributed by atoms with Crippen molar-refractivity contribution in [1.82, 2.24) is 4.98 Å². The monoisotopic (exact) mass is 288 g/mol. The van der Waals surface area contributed by atoms with Gasteiger partial charge in [0.15, 0.2) is 0 Å². The summed E-state index contributed by atoms with van der Waals surface area (Å²) in [6, 6.07) is 15.2. The van der Waals surface area contributed by atoms with E-state index in [0.717, 1.165) is 22.3 Å². The van der Waals surface area contributed by atoms with Gasteiger partial charge >= 0.3 is 0 Å². The predicted molar refractivity (Wildman–Crippen MR) is 81.5 cm³/mol. The molecule has 4 heteroatoms. The van der Waals surface area contributed by atoms with Gasteiger partial charge in [-0.1, -0.05) is 41.4 Å².